The number of carbonyl (C=O) groups is 2. The second kappa shape index (κ2) is 11.3. The van der Waals surface area contributed by atoms with E-state index in [1.165, 1.54) is 37.0 Å². The molecule has 2 aliphatic rings. The number of para-hydroxylation sites is 1. The second-order valence-corrected chi connectivity index (χ2v) is 12.4. The Kier molecular flexibility index (Phi) is 7.14. The Balaban J connectivity index is 1.14. The number of carboxylic acid groups (broad SMARTS) is 1. The molecule has 1 amide bonds. The van der Waals surface area contributed by atoms with Crippen LogP contribution in [-0.2, 0) is 19.5 Å². The molecule has 2 aromatic carbocycles. The van der Waals surface area contributed by atoms with Gasteiger partial charge in [-0.1, -0.05) is 48.4 Å². The van der Waals surface area contributed by atoms with Crippen LogP contribution in [-0.4, -0.2) is 43.3 Å². The van der Waals surface area contributed by atoms with Crippen molar-refractivity contribution in [2.24, 2.45) is 5.92 Å². The van der Waals surface area contributed by atoms with Crippen LogP contribution in [0.5, 0.6) is 0 Å². The number of fused-ring (bicyclic) bond motifs is 2. The number of thiazole rings is 1. The van der Waals surface area contributed by atoms with Crippen molar-refractivity contribution in [3.05, 3.63) is 88.9 Å². The van der Waals surface area contributed by atoms with E-state index in [1.807, 2.05) is 71.1 Å². The first-order valence-corrected chi connectivity index (χ1v) is 15.6. The minimum Gasteiger partial charge on any atom is -0.476 e. The molecule has 218 valence electrons. The standard InChI is InChI=1S/C33H32N6O3S/c1-20-25(17-34-39(20)18-21-7-2-3-8-21)23-13-14-29(36-30(23)32(41)42)38-16-15-22-9-6-10-24(26(22)19-38)31(40)37-33-35-27-11-4-5-12-28(27)43-33/h4-6,9-14,17,21H,2-3,7-8,15-16,18-19H2,1H3,(H,41,42)(H,35,37,40). The average molecular weight is 593 g/mol. The van der Waals surface area contributed by atoms with Gasteiger partial charge >= 0.3 is 5.97 Å². The van der Waals surface area contributed by atoms with Gasteiger partial charge in [0.15, 0.2) is 10.8 Å². The molecule has 10 heteroatoms. The highest BCUT2D eigenvalue weighted by atomic mass is 32.1. The van der Waals surface area contributed by atoms with E-state index in [1.54, 1.807) is 6.20 Å². The lowest BCUT2D eigenvalue weighted by Crippen LogP contribution is -2.33. The Morgan fingerprint density at radius 1 is 1.02 bits per heavy atom. The molecule has 5 aromatic rings. The van der Waals surface area contributed by atoms with Crippen LogP contribution in [0.1, 0.15) is 63.4 Å². The molecule has 0 bridgehead atoms. The number of rotatable bonds is 7. The molecule has 0 atom stereocenters. The number of hydrogen-bond acceptors (Lipinski definition) is 7. The van der Waals surface area contributed by atoms with Crippen molar-refractivity contribution in [2.75, 3.05) is 16.8 Å². The molecule has 1 fully saturated rings. The topological polar surface area (TPSA) is 113 Å². The van der Waals surface area contributed by atoms with Crippen molar-refractivity contribution in [1.29, 1.82) is 0 Å². The van der Waals surface area contributed by atoms with Gasteiger partial charge in [0.25, 0.3) is 5.91 Å². The number of hydrogen-bond donors (Lipinski definition) is 2. The maximum Gasteiger partial charge on any atom is 0.355 e. The van der Waals surface area contributed by atoms with Gasteiger partial charge < -0.3 is 10.0 Å². The number of amides is 1. The fraction of sp³-hybridized carbons (Fsp3) is 0.303. The van der Waals surface area contributed by atoms with Crippen LogP contribution in [0.15, 0.2) is 60.8 Å². The lowest BCUT2D eigenvalue weighted by Gasteiger charge is -2.31. The van der Waals surface area contributed by atoms with Gasteiger partial charge in [-0.15, -0.1) is 0 Å². The SMILES string of the molecule is Cc1c(-c2ccc(N3CCc4cccc(C(=O)Nc5nc6ccccc6s5)c4C3)nc2C(=O)O)cnn1CC1CCCC1. The van der Waals surface area contributed by atoms with E-state index in [-0.39, 0.29) is 11.6 Å². The zero-order valence-corrected chi connectivity index (χ0v) is 24.7. The molecule has 4 heterocycles. The van der Waals surface area contributed by atoms with Crippen LogP contribution in [0.25, 0.3) is 21.3 Å². The smallest absolute Gasteiger partial charge is 0.355 e. The Bertz CT molecular complexity index is 1820. The summed E-state index contributed by atoms with van der Waals surface area (Å²) in [6, 6.07) is 17.3. The van der Waals surface area contributed by atoms with E-state index in [2.05, 4.69) is 20.4 Å². The molecule has 7 rings (SSSR count). The average Bonchev–Trinajstić information content (AvgIpc) is 3.77. The number of pyridine rings is 1. The Labute approximate surface area is 253 Å². The summed E-state index contributed by atoms with van der Waals surface area (Å²) in [6.07, 6.45) is 7.45. The van der Waals surface area contributed by atoms with E-state index in [9.17, 15) is 14.7 Å². The Morgan fingerprint density at radius 3 is 2.67 bits per heavy atom. The summed E-state index contributed by atoms with van der Waals surface area (Å²) < 4.78 is 3.02. The second-order valence-electron chi connectivity index (χ2n) is 11.4. The van der Waals surface area contributed by atoms with Gasteiger partial charge in [0.05, 0.1) is 16.4 Å². The summed E-state index contributed by atoms with van der Waals surface area (Å²) in [6.45, 7) is 3.98. The van der Waals surface area contributed by atoms with Gasteiger partial charge in [0, 0.05) is 42.0 Å². The highest BCUT2D eigenvalue weighted by Crippen LogP contribution is 2.33. The summed E-state index contributed by atoms with van der Waals surface area (Å²) in [5.74, 6) is -0.0873. The van der Waals surface area contributed by atoms with Gasteiger partial charge in [-0.2, -0.15) is 5.10 Å². The first-order chi connectivity index (χ1) is 20.9. The summed E-state index contributed by atoms with van der Waals surface area (Å²) in [4.78, 5) is 37.1. The molecule has 3 aromatic heterocycles. The van der Waals surface area contributed by atoms with Crippen LogP contribution in [0.3, 0.4) is 0 Å². The number of carboxylic acids is 1. The van der Waals surface area contributed by atoms with Crippen molar-refractivity contribution in [3.63, 3.8) is 0 Å². The third kappa shape index (κ3) is 5.27. The maximum absolute atomic E-state index is 13.4. The predicted molar refractivity (Wildman–Crippen MR) is 168 cm³/mol. The van der Waals surface area contributed by atoms with Crippen LogP contribution in [0.2, 0.25) is 0 Å². The minimum atomic E-state index is -1.08. The lowest BCUT2D eigenvalue weighted by atomic mass is 9.94. The minimum absolute atomic E-state index is 0.00803. The third-order valence-corrected chi connectivity index (χ3v) is 9.69. The number of nitrogens with one attached hydrogen (secondary N) is 1. The van der Waals surface area contributed by atoms with E-state index < -0.39 is 5.97 Å². The zero-order chi connectivity index (χ0) is 29.5. The van der Waals surface area contributed by atoms with Crippen molar-refractivity contribution in [2.45, 2.75) is 52.1 Å². The molecular weight excluding hydrogens is 560 g/mol. The first-order valence-electron chi connectivity index (χ1n) is 14.7. The number of aromatic carboxylic acids is 1. The monoisotopic (exact) mass is 592 g/mol. The molecular formula is C33H32N6O3S. The molecule has 0 unspecified atom stereocenters. The van der Waals surface area contributed by atoms with E-state index >= 15 is 0 Å². The molecule has 9 nitrogen and oxygen atoms in total. The Morgan fingerprint density at radius 2 is 1.86 bits per heavy atom. The summed E-state index contributed by atoms with van der Waals surface area (Å²) >= 11 is 1.44. The van der Waals surface area contributed by atoms with Crippen molar-refractivity contribution in [1.82, 2.24) is 19.7 Å². The fourth-order valence-corrected chi connectivity index (χ4v) is 7.28. The molecule has 0 saturated heterocycles. The van der Waals surface area contributed by atoms with Crippen LogP contribution >= 0.6 is 11.3 Å². The number of nitrogens with zero attached hydrogens (tertiary/aromatic N) is 5. The van der Waals surface area contributed by atoms with Gasteiger partial charge in [0.1, 0.15) is 5.82 Å². The number of carbonyl (C=O) groups excluding carboxylic acids is 1. The van der Waals surface area contributed by atoms with E-state index in [0.29, 0.717) is 41.1 Å². The highest BCUT2D eigenvalue weighted by molar-refractivity contribution is 7.22. The number of benzene rings is 2. The first kappa shape index (κ1) is 27.3. The van der Waals surface area contributed by atoms with Gasteiger partial charge in [0.2, 0.25) is 0 Å². The van der Waals surface area contributed by atoms with Gasteiger partial charge in [-0.05, 0) is 73.6 Å². The summed E-state index contributed by atoms with van der Waals surface area (Å²) in [7, 11) is 0. The maximum atomic E-state index is 13.4. The molecule has 0 spiro atoms. The summed E-state index contributed by atoms with van der Waals surface area (Å²) in [5, 5.41) is 18.3. The van der Waals surface area contributed by atoms with Gasteiger partial charge in [-0.25, -0.2) is 14.8 Å². The zero-order valence-electron chi connectivity index (χ0n) is 23.9. The van der Waals surface area contributed by atoms with Crippen LogP contribution in [0, 0.1) is 12.8 Å². The van der Waals surface area contributed by atoms with Crippen molar-refractivity contribution >= 4 is 44.4 Å². The quantitative estimate of drug-likeness (QED) is 0.220. The molecule has 2 N–H and O–H groups in total. The number of aromatic nitrogens is 4. The molecule has 43 heavy (non-hydrogen) atoms. The molecule has 1 aliphatic carbocycles. The normalized spacial score (nSPS) is 15.1. The van der Waals surface area contributed by atoms with Crippen LogP contribution < -0.4 is 10.2 Å². The van der Waals surface area contributed by atoms with Crippen LogP contribution in [0.4, 0.5) is 10.9 Å². The van der Waals surface area contributed by atoms with Crippen molar-refractivity contribution in [3.8, 4) is 11.1 Å². The number of anilines is 2. The Hall–Kier alpha value is -4.57. The molecule has 0 radical (unpaired) electrons. The third-order valence-electron chi connectivity index (χ3n) is 8.74. The van der Waals surface area contributed by atoms with E-state index in [0.717, 1.165) is 45.6 Å². The predicted octanol–water partition coefficient (Wildman–Crippen LogP) is 6.57. The largest absolute Gasteiger partial charge is 0.476 e. The van der Waals surface area contributed by atoms with Crippen molar-refractivity contribution < 1.29 is 14.7 Å². The fourth-order valence-electron chi connectivity index (χ4n) is 6.42. The highest BCUT2D eigenvalue weighted by Gasteiger charge is 2.26. The van der Waals surface area contributed by atoms with Gasteiger partial charge in [-0.3, -0.25) is 14.8 Å². The lowest BCUT2D eigenvalue weighted by molar-refractivity contribution is 0.0691. The molecule has 1 saturated carbocycles. The van der Waals surface area contributed by atoms with E-state index in [4.69, 9.17) is 0 Å². The molecule has 1 aliphatic heterocycles. The summed E-state index contributed by atoms with van der Waals surface area (Å²) in [5.41, 5.74) is 5.79.